The van der Waals surface area contributed by atoms with Crippen molar-refractivity contribution in [2.45, 2.75) is 19.0 Å². The summed E-state index contributed by atoms with van der Waals surface area (Å²) in [6, 6.07) is 14.4. The molecule has 0 bridgehead atoms. The van der Waals surface area contributed by atoms with Crippen molar-refractivity contribution in [1.29, 1.82) is 5.26 Å². The molecule has 7 nitrogen and oxygen atoms in total. The Bertz CT molecular complexity index is 1060. The predicted molar refractivity (Wildman–Crippen MR) is 99.4 cm³/mol. The number of carboxylic acids is 1. The Morgan fingerprint density at radius 2 is 1.80 bits per heavy atom. The third-order valence-corrected chi connectivity index (χ3v) is 3.78. The lowest BCUT2D eigenvalue weighted by Gasteiger charge is -2.09. The maximum Gasteiger partial charge on any atom is 0.490 e. The van der Waals surface area contributed by atoms with Gasteiger partial charge in [-0.05, 0) is 19.1 Å². The van der Waals surface area contributed by atoms with Crippen molar-refractivity contribution >= 4 is 11.8 Å². The maximum absolute atomic E-state index is 12.6. The fraction of sp³-hybridized carbons (Fsp3) is 0.150. The number of benzene rings is 1. The summed E-state index contributed by atoms with van der Waals surface area (Å²) in [5.74, 6) is -3.17. The first-order chi connectivity index (χ1) is 14.1. The Balaban J connectivity index is 0.000000396. The molecule has 154 valence electrons. The number of carbonyl (C=O) groups excluding carboxylic acids is 1. The molecule has 1 unspecified atom stereocenters. The minimum absolute atomic E-state index is 0.253. The highest BCUT2D eigenvalue weighted by Gasteiger charge is 2.38. The summed E-state index contributed by atoms with van der Waals surface area (Å²) < 4.78 is 31.7. The van der Waals surface area contributed by atoms with E-state index in [2.05, 4.69) is 21.0 Å². The summed E-state index contributed by atoms with van der Waals surface area (Å²) in [5.41, 5.74) is 2.63. The second kappa shape index (κ2) is 9.47. The Morgan fingerprint density at radius 1 is 1.17 bits per heavy atom. The van der Waals surface area contributed by atoms with Crippen molar-refractivity contribution in [2.75, 3.05) is 0 Å². The highest BCUT2D eigenvalue weighted by Crippen LogP contribution is 2.21. The molecule has 0 amide bonds. The lowest BCUT2D eigenvalue weighted by molar-refractivity contribution is -0.192. The second-order valence-electron chi connectivity index (χ2n) is 5.95. The number of hydrogen-bond donors (Lipinski definition) is 2. The van der Waals surface area contributed by atoms with Crippen LogP contribution in [-0.2, 0) is 4.79 Å². The van der Waals surface area contributed by atoms with Gasteiger partial charge in [0.2, 0.25) is 0 Å². The van der Waals surface area contributed by atoms with Gasteiger partial charge < -0.3 is 10.1 Å². The zero-order valence-corrected chi connectivity index (χ0v) is 15.5. The molecule has 0 aliphatic rings. The fourth-order valence-corrected chi connectivity index (χ4v) is 2.37. The van der Waals surface area contributed by atoms with E-state index in [1.54, 1.807) is 36.7 Å². The van der Waals surface area contributed by atoms with Crippen molar-refractivity contribution < 1.29 is 27.9 Å². The molecule has 30 heavy (non-hydrogen) atoms. The number of carbonyl (C=O) groups is 2. The van der Waals surface area contributed by atoms with Crippen LogP contribution in [0, 0.1) is 18.3 Å². The number of carboxylic acid groups (broad SMARTS) is 1. The number of alkyl halides is 3. The normalized spacial score (nSPS) is 11.6. The standard InChI is InChI=1S/C18H14N4O.C2HF3O2/c1-12-3-2-4-16(22-12)15(11-19)17(23)13-5-7-14(8-6-13)18-20-9-10-21-18;3-2(4,5)1(6)7/h2-10,15H,1H3,(H,20,21);(H,6,7). The van der Waals surface area contributed by atoms with Gasteiger partial charge in [-0.2, -0.15) is 18.4 Å². The van der Waals surface area contributed by atoms with Crippen molar-refractivity contribution in [3.63, 3.8) is 0 Å². The summed E-state index contributed by atoms with van der Waals surface area (Å²) in [6.07, 6.45) is -1.67. The number of Topliss-reactive ketones (excluding diaryl/α,β-unsaturated/α-hetero) is 1. The highest BCUT2D eigenvalue weighted by molar-refractivity contribution is 6.02. The number of nitrogens with one attached hydrogen (secondary N) is 1. The number of imidazole rings is 1. The molecular formula is C20H15F3N4O3. The van der Waals surface area contributed by atoms with Gasteiger partial charge in [0.05, 0.1) is 11.8 Å². The monoisotopic (exact) mass is 416 g/mol. The number of aromatic nitrogens is 3. The van der Waals surface area contributed by atoms with Crippen LogP contribution in [0.25, 0.3) is 11.4 Å². The summed E-state index contributed by atoms with van der Waals surface area (Å²) >= 11 is 0. The zero-order valence-electron chi connectivity index (χ0n) is 15.5. The van der Waals surface area contributed by atoms with Crippen LogP contribution in [-0.4, -0.2) is 38.0 Å². The predicted octanol–water partition coefficient (Wildman–Crippen LogP) is 3.90. The van der Waals surface area contributed by atoms with Crippen molar-refractivity contribution in [3.8, 4) is 17.5 Å². The van der Waals surface area contributed by atoms with Gasteiger partial charge in [-0.15, -0.1) is 0 Å². The molecule has 2 N–H and O–H groups in total. The van der Waals surface area contributed by atoms with Crippen molar-refractivity contribution in [3.05, 3.63) is 71.8 Å². The number of aryl methyl sites for hydroxylation is 1. The van der Waals surface area contributed by atoms with Crippen molar-refractivity contribution in [1.82, 2.24) is 15.0 Å². The van der Waals surface area contributed by atoms with Crippen LogP contribution < -0.4 is 0 Å². The third-order valence-electron chi connectivity index (χ3n) is 3.78. The van der Waals surface area contributed by atoms with Crippen LogP contribution in [0.4, 0.5) is 13.2 Å². The van der Waals surface area contributed by atoms with E-state index in [1.807, 2.05) is 25.1 Å². The van der Waals surface area contributed by atoms with Gasteiger partial charge >= 0.3 is 12.1 Å². The first-order valence-corrected chi connectivity index (χ1v) is 8.40. The van der Waals surface area contributed by atoms with E-state index in [4.69, 9.17) is 9.90 Å². The Morgan fingerprint density at radius 3 is 2.27 bits per heavy atom. The van der Waals surface area contributed by atoms with Gasteiger partial charge in [0.25, 0.3) is 0 Å². The molecule has 0 aliphatic carbocycles. The van der Waals surface area contributed by atoms with E-state index >= 15 is 0 Å². The number of halogens is 3. The van der Waals surface area contributed by atoms with Crippen LogP contribution in [0.15, 0.2) is 54.9 Å². The Kier molecular flexibility index (Phi) is 7.03. The van der Waals surface area contributed by atoms with Gasteiger partial charge in [0, 0.05) is 29.2 Å². The van der Waals surface area contributed by atoms with Crippen LogP contribution in [0.3, 0.4) is 0 Å². The van der Waals surface area contributed by atoms with E-state index < -0.39 is 18.1 Å². The Labute approximate surface area is 168 Å². The van der Waals surface area contributed by atoms with Crippen LogP contribution in [0.5, 0.6) is 0 Å². The van der Waals surface area contributed by atoms with E-state index in [9.17, 15) is 23.2 Å². The number of aromatic amines is 1. The lowest BCUT2D eigenvalue weighted by atomic mass is 9.94. The molecule has 3 aromatic rings. The SMILES string of the molecule is Cc1cccc(C(C#N)C(=O)c2ccc(-c3ncc[nH]3)cc2)n1.O=C(O)C(F)(F)F. The molecule has 0 fully saturated rings. The lowest BCUT2D eigenvalue weighted by Crippen LogP contribution is -2.21. The van der Waals surface area contributed by atoms with Crippen LogP contribution >= 0.6 is 0 Å². The molecule has 0 radical (unpaired) electrons. The first kappa shape index (κ1) is 22.3. The summed E-state index contributed by atoms with van der Waals surface area (Å²) in [4.78, 5) is 33.0. The molecule has 3 rings (SSSR count). The molecule has 0 aliphatic heterocycles. The first-order valence-electron chi connectivity index (χ1n) is 8.40. The molecule has 1 aromatic carbocycles. The van der Waals surface area contributed by atoms with E-state index in [0.717, 1.165) is 17.1 Å². The van der Waals surface area contributed by atoms with E-state index in [1.165, 1.54) is 0 Å². The minimum atomic E-state index is -5.08. The third kappa shape index (κ3) is 5.75. The van der Waals surface area contributed by atoms with Gasteiger partial charge in [-0.1, -0.05) is 30.3 Å². The number of ketones is 1. The number of nitrogens with zero attached hydrogens (tertiary/aromatic N) is 3. The smallest absolute Gasteiger partial charge is 0.475 e. The van der Waals surface area contributed by atoms with Crippen LogP contribution in [0.2, 0.25) is 0 Å². The molecular weight excluding hydrogens is 401 g/mol. The van der Waals surface area contributed by atoms with Gasteiger partial charge in [0.1, 0.15) is 5.82 Å². The molecule has 2 heterocycles. The topological polar surface area (TPSA) is 120 Å². The molecule has 0 saturated carbocycles. The highest BCUT2D eigenvalue weighted by atomic mass is 19.4. The van der Waals surface area contributed by atoms with Gasteiger partial charge in [-0.25, -0.2) is 9.78 Å². The molecule has 2 aromatic heterocycles. The summed E-state index contributed by atoms with van der Waals surface area (Å²) in [7, 11) is 0. The Hall–Kier alpha value is -4.00. The molecule has 0 spiro atoms. The number of H-pyrrole nitrogens is 1. The largest absolute Gasteiger partial charge is 0.490 e. The maximum atomic E-state index is 12.6. The quantitative estimate of drug-likeness (QED) is 0.623. The minimum Gasteiger partial charge on any atom is -0.475 e. The van der Waals surface area contributed by atoms with Crippen LogP contribution in [0.1, 0.15) is 27.7 Å². The van der Waals surface area contributed by atoms with E-state index in [-0.39, 0.29) is 5.78 Å². The number of nitriles is 1. The zero-order chi connectivity index (χ0) is 22.3. The van der Waals surface area contributed by atoms with E-state index in [0.29, 0.717) is 11.3 Å². The molecule has 1 atom stereocenters. The van der Waals surface area contributed by atoms with Gasteiger partial charge in [0.15, 0.2) is 11.7 Å². The van der Waals surface area contributed by atoms with Crippen molar-refractivity contribution in [2.24, 2.45) is 0 Å². The number of aliphatic carboxylic acids is 1. The second-order valence-corrected chi connectivity index (χ2v) is 5.95. The molecule has 10 heteroatoms. The summed E-state index contributed by atoms with van der Waals surface area (Å²) in [6.45, 7) is 1.83. The summed E-state index contributed by atoms with van der Waals surface area (Å²) in [5, 5.41) is 16.5. The fourth-order valence-electron chi connectivity index (χ4n) is 2.37. The number of pyridine rings is 1. The number of rotatable bonds is 4. The number of hydrogen-bond acceptors (Lipinski definition) is 5. The van der Waals surface area contributed by atoms with Gasteiger partial charge in [-0.3, -0.25) is 9.78 Å². The average Bonchev–Trinajstić information content (AvgIpc) is 3.23. The average molecular weight is 416 g/mol. The molecule has 0 saturated heterocycles.